The zero-order valence-corrected chi connectivity index (χ0v) is 22.3. The Morgan fingerprint density at radius 2 is 1.95 bits per heavy atom. The van der Waals surface area contributed by atoms with Crippen molar-refractivity contribution in [1.29, 1.82) is 0 Å². The van der Waals surface area contributed by atoms with E-state index >= 15 is 0 Å². The average molecular weight is 522 g/mol. The zero-order chi connectivity index (χ0) is 26.3. The Bertz CT molecular complexity index is 1340. The van der Waals surface area contributed by atoms with Crippen LogP contribution in [-0.2, 0) is 11.8 Å². The van der Waals surface area contributed by atoms with E-state index in [2.05, 4.69) is 9.88 Å². The van der Waals surface area contributed by atoms with Gasteiger partial charge in [-0.1, -0.05) is 23.7 Å². The fourth-order valence-electron chi connectivity index (χ4n) is 5.07. The van der Waals surface area contributed by atoms with Crippen LogP contribution in [0.25, 0.3) is 11.6 Å². The van der Waals surface area contributed by atoms with Crippen LogP contribution in [0.5, 0.6) is 0 Å². The van der Waals surface area contributed by atoms with Gasteiger partial charge in [0, 0.05) is 44.4 Å². The van der Waals surface area contributed by atoms with Crippen LogP contribution in [0.2, 0.25) is 5.02 Å². The summed E-state index contributed by atoms with van der Waals surface area (Å²) in [6.45, 7) is 8.04. The first-order valence-corrected chi connectivity index (χ1v) is 12.8. The van der Waals surface area contributed by atoms with E-state index in [0.29, 0.717) is 36.9 Å². The molecule has 0 saturated carbocycles. The van der Waals surface area contributed by atoms with Crippen LogP contribution >= 0.6 is 11.6 Å². The molecule has 1 fully saturated rings. The molecule has 3 heterocycles. The highest BCUT2D eigenvalue weighted by Crippen LogP contribution is 2.44. The lowest BCUT2D eigenvalue weighted by Gasteiger charge is -2.40. The number of hydrogen-bond acceptors (Lipinski definition) is 6. The van der Waals surface area contributed by atoms with Crippen molar-refractivity contribution in [2.45, 2.75) is 38.5 Å². The van der Waals surface area contributed by atoms with Crippen LogP contribution in [-0.4, -0.2) is 67.3 Å². The lowest BCUT2D eigenvalue weighted by atomic mass is 9.91. The van der Waals surface area contributed by atoms with Gasteiger partial charge in [0.2, 0.25) is 0 Å². The number of rotatable bonds is 3. The number of aryl methyl sites for hydroxylation is 1. The largest absolute Gasteiger partial charge is 0.444 e. The van der Waals surface area contributed by atoms with Gasteiger partial charge in [0.25, 0.3) is 0 Å². The van der Waals surface area contributed by atoms with Crippen LogP contribution in [0, 0.1) is 0 Å². The molecule has 8 nitrogen and oxygen atoms in total. The molecule has 9 heteroatoms. The number of aliphatic hydroxyl groups is 1. The second-order valence-electron chi connectivity index (χ2n) is 10.5. The maximum Gasteiger partial charge on any atom is 0.410 e. The van der Waals surface area contributed by atoms with E-state index < -0.39 is 11.7 Å². The van der Waals surface area contributed by atoms with E-state index in [1.165, 1.54) is 0 Å². The number of carbonyl (C=O) groups excluding carboxylic acids is 1. The molecule has 1 amide bonds. The Kier molecular flexibility index (Phi) is 6.83. The van der Waals surface area contributed by atoms with Crippen molar-refractivity contribution in [1.82, 2.24) is 24.3 Å². The summed E-state index contributed by atoms with van der Waals surface area (Å²) in [4.78, 5) is 25.8. The van der Waals surface area contributed by atoms with Crippen LogP contribution in [0.4, 0.5) is 4.79 Å². The highest BCUT2D eigenvalue weighted by Gasteiger charge is 2.36. The maximum atomic E-state index is 12.7. The van der Waals surface area contributed by atoms with Gasteiger partial charge < -0.3 is 19.3 Å². The topological polar surface area (TPSA) is 83.7 Å². The van der Waals surface area contributed by atoms with Crippen LogP contribution in [0.15, 0.2) is 49.1 Å². The van der Waals surface area contributed by atoms with Gasteiger partial charge in [-0.3, -0.25) is 9.88 Å². The molecule has 1 saturated heterocycles. The normalized spacial score (nSPS) is 18.9. The molecule has 2 aliphatic rings. The molecule has 1 aromatic carbocycles. The zero-order valence-electron chi connectivity index (χ0n) is 21.6. The molecule has 1 aliphatic carbocycles. The van der Waals surface area contributed by atoms with E-state index in [9.17, 15) is 9.90 Å². The van der Waals surface area contributed by atoms with Gasteiger partial charge in [-0.05, 0) is 67.3 Å². The number of aliphatic hydroxyl groups excluding tert-OH is 1. The molecule has 37 heavy (non-hydrogen) atoms. The number of hydrogen-bond donors (Lipinski definition) is 1. The molecule has 0 unspecified atom stereocenters. The highest BCUT2D eigenvalue weighted by molar-refractivity contribution is 6.30. The van der Waals surface area contributed by atoms with Crippen molar-refractivity contribution < 1.29 is 14.6 Å². The first kappa shape index (κ1) is 25.4. The molecular weight excluding hydrogens is 490 g/mol. The Hall–Kier alpha value is -3.20. The Balaban J connectivity index is 1.53. The van der Waals surface area contributed by atoms with E-state index in [1.54, 1.807) is 23.6 Å². The van der Waals surface area contributed by atoms with Gasteiger partial charge >= 0.3 is 6.09 Å². The third kappa shape index (κ3) is 5.14. The van der Waals surface area contributed by atoms with Gasteiger partial charge in [-0.15, -0.1) is 0 Å². The number of ether oxygens (including phenoxy) is 1. The number of benzene rings is 1. The Labute approximate surface area is 222 Å². The summed E-state index contributed by atoms with van der Waals surface area (Å²) in [6, 6.07) is 9.58. The molecule has 0 radical (unpaired) electrons. The second-order valence-corrected chi connectivity index (χ2v) is 11.0. The molecule has 0 spiro atoms. The highest BCUT2D eigenvalue weighted by atomic mass is 35.5. The molecule has 1 N–H and O–H groups in total. The minimum Gasteiger partial charge on any atom is -0.444 e. The predicted molar refractivity (Wildman–Crippen MR) is 143 cm³/mol. The summed E-state index contributed by atoms with van der Waals surface area (Å²) in [5.74, 6) is 0. The van der Waals surface area contributed by atoms with E-state index in [0.717, 1.165) is 28.0 Å². The van der Waals surface area contributed by atoms with Gasteiger partial charge in [-0.25, -0.2) is 9.78 Å². The fourth-order valence-corrected chi connectivity index (χ4v) is 5.24. The molecular formula is C28H32ClN5O3. The number of imidazole rings is 1. The van der Waals surface area contributed by atoms with Crippen molar-refractivity contribution in [3.8, 4) is 0 Å². The van der Waals surface area contributed by atoms with Crippen molar-refractivity contribution >= 4 is 29.3 Å². The van der Waals surface area contributed by atoms with E-state index in [1.807, 2.05) is 68.8 Å². The van der Waals surface area contributed by atoms with Crippen molar-refractivity contribution in [2.24, 2.45) is 7.05 Å². The number of fused-ring (bicyclic) bond motifs is 2. The number of pyridine rings is 1. The third-order valence-electron chi connectivity index (χ3n) is 6.82. The molecule has 2 aromatic heterocycles. The van der Waals surface area contributed by atoms with Gasteiger partial charge in [0.05, 0.1) is 30.0 Å². The maximum absolute atomic E-state index is 12.7. The van der Waals surface area contributed by atoms with Crippen LogP contribution in [0.1, 0.15) is 61.0 Å². The van der Waals surface area contributed by atoms with Crippen LogP contribution < -0.4 is 0 Å². The molecule has 0 bridgehead atoms. The minimum atomic E-state index is -0.902. The van der Waals surface area contributed by atoms with Crippen LogP contribution in [0.3, 0.4) is 0 Å². The SMILES string of the molecule is Cn1cncc1[C@@H](O)C1=Cc2cccnc2[C@@H](N2CCN(C(=O)OC(C)(C)C)CC2)c2ccc(Cl)cc21. The summed E-state index contributed by atoms with van der Waals surface area (Å²) < 4.78 is 7.40. The molecule has 1 aliphatic heterocycles. The number of piperazine rings is 1. The third-order valence-corrected chi connectivity index (χ3v) is 7.06. The Morgan fingerprint density at radius 3 is 2.62 bits per heavy atom. The average Bonchev–Trinajstić information content (AvgIpc) is 3.23. The molecule has 5 rings (SSSR count). The van der Waals surface area contributed by atoms with Crippen molar-refractivity contribution in [2.75, 3.05) is 26.2 Å². The first-order chi connectivity index (χ1) is 17.6. The monoisotopic (exact) mass is 521 g/mol. The number of carbonyl (C=O) groups is 1. The number of amides is 1. The number of aromatic nitrogens is 3. The summed E-state index contributed by atoms with van der Waals surface area (Å²) >= 11 is 6.49. The van der Waals surface area contributed by atoms with Crippen molar-refractivity contribution in [3.63, 3.8) is 0 Å². The van der Waals surface area contributed by atoms with Gasteiger partial charge in [-0.2, -0.15) is 0 Å². The summed E-state index contributed by atoms with van der Waals surface area (Å²) in [6.07, 6.45) is 5.97. The fraction of sp³-hybridized carbons (Fsp3) is 0.393. The standard InChI is InChI=1S/C28H32ClN5O3/c1-28(2,3)37-27(36)34-12-10-33(11-13-34)25-20-8-7-19(29)15-21(20)22(14-18-6-5-9-31-24(18)25)26(35)23-16-30-17-32(23)4/h5-9,14-17,25-26,35H,10-13H2,1-4H3/t25-,26-/m0/s1. The minimum absolute atomic E-state index is 0.170. The summed E-state index contributed by atoms with van der Waals surface area (Å²) in [5, 5.41) is 12.1. The summed E-state index contributed by atoms with van der Waals surface area (Å²) in [7, 11) is 1.87. The van der Waals surface area contributed by atoms with E-state index in [4.69, 9.17) is 21.3 Å². The second kappa shape index (κ2) is 9.93. The predicted octanol–water partition coefficient (Wildman–Crippen LogP) is 4.70. The van der Waals surface area contributed by atoms with Gasteiger partial charge in [0.15, 0.2) is 0 Å². The lowest BCUT2D eigenvalue weighted by Crippen LogP contribution is -2.51. The number of halogens is 1. The Morgan fingerprint density at radius 1 is 1.19 bits per heavy atom. The molecule has 2 atom stereocenters. The summed E-state index contributed by atoms with van der Waals surface area (Å²) in [5.41, 5.74) is 4.62. The first-order valence-electron chi connectivity index (χ1n) is 12.4. The smallest absolute Gasteiger partial charge is 0.410 e. The van der Waals surface area contributed by atoms with Crippen molar-refractivity contribution in [3.05, 3.63) is 82.2 Å². The number of nitrogens with zero attached hydrogens (tertiary/aromatic N) is 5. The quantitative estimate of drug-likeness (QED) is 0.538. The molecule has 194 valence electrons. The molecule has 3 aromatic rings. The lowest BCUT2D eigenvalue weighted by molar-refractivity contribution is 0.0118. The van der Waals surface area contributed by atoms with E-state index in [-0.39, 0.29) is 12.1 Å². The van der Waals surface area contributed by atoms with Gasteiger partial charge in [0.1, 0.15) is 11.7 Å².